The van der Waals surface area contributed by atoms with Crippen LogP contribution < -0.4 is 10.1 Å². The molecule has 0 aliphatic carbocycles. The van der Waals surface area contributed by atoms with Crippen LogP contribution in [0.3, 0.4) is 0 Å². The summed E-state index contributed by atoms with van der Waals surface area (Å²) in [5, 5.41) is 13.7. The molecule has 32 heavy (non-hydrogen) atoms. The second-order valence-corrected chi connectivity index (χ2v) is 7.39. The molecule has 3 aromatic rings. The molecule has 2 aromatic heterocycles. The molecule has 3 heterocycles. The maximum Gasteiger partial charge on any atom is 0.434 e. The van der Waals surface area contributed by atoms with E-state index in [-0.39, 0.29) is 11.7 Å². The maximum atomic E-state index is 13.8. The lowest BCUT2D eigenvalue weighted by molar-refractivity contribution is -0.143. The number of aromatic nitrogens is 4. The number of carbonyl (C=O) groups is 1. The molecule has 1 aliphatic rings. The summed E-state index contributed by atoms with van der Waals surface area (Å²) in [6.45, 7) is 2.75. The largest absolute Gasteiger partial charge is 0.480 e. The van der Waals surface area contributed by atoms with Crippen LogP contribution >= 0.6 is 0 Å². The van der Waals surface area contributed by atoms with Crippen molar-refractivity contribution < 1.29 is 22.7 Å². The van der Waals surface area contributed by atoms with Gasteiger partial charge in [0.1, 0.15) is 0 Å². The topological polar surface area (TPSA) is 85.2 Å². The molecule has 0 atom stereocenters. The van der Waals surface area contributed by atoms with E-state index < -0.39 is 23.3 Å². The number of alkyl halides is 3. The minimum Gasteiger partial charge on any atom is -0.480 e. The highest BCUT2D eigenvalue weighted by Crippen LogP contribution is 2.33. The zero-order valence-corrected chi connectivity index (χ0v) is 17.3. The first-order valence-corrected chi connectivity index (χ1v) is 10.0. The van der Waals surface area contributed by atoms with Crippen LogP contribution in [0.25, 0.3) is 5.82 Å². The average Bonchev–Trinajstić information content (AvgIpc) is 3.44. The van der Waals surface area contributed by atoms with Crippen molar-refractivity contribution in [3.05, 3.63) is 59.4 Å². The van der Waals surface area contributed by atoms with Crippen molar-refractivity contribution in [2.75, 3.05) is 25.5 Å². The molecule has 0 saturated carbocycles. The van der Waals surface area contributed by atoms with Crippen LogP contribution in [-0.2, 0) is 12.7 Å². The lowest BCUT2D eigenvalue weighted by atomic mass is 10.1. The Bertz CT molecular complexity index is 1090. The third-order valence-corrected chi connectivity index (χ3v) is 5.12. The summed E-state index contributed by atoms with van der Waals surface area (Å²) in [4.78, 5) is 15.0. The molecule has 1 saturated heterocycles. The molecule has 0 radical (unpaired) electrons. The molecule has 1 amide bonds. The van der Waals surface area contributed by atoms with Gasteiger partial charge in [-0.1, -0.05) is 12.1 Å². The van der Waals surface area contributed by atoms with Crippen molar-refractivity contribution in [1.29, 1.82) is 0 Å². The van der Waals surface area contributed by atoms with Crippen LogP contribution in [0, 0.1) is 0 Å². The van der Waals surface area contributed by atoms with Gasteiger partial charge in [0.2, 0.25) is 5.88 Å². The quantitative estimate of drug-likeness (QED) is 0.624. The van der Waals surface area contributed by atoms with E-state index in [1.807, 2.05) is 6.07 Å². The van der Waals surface area contributed by atoms with Gasteiger partial charge in [-0.05, 0) is 49.7 Å². The highest BCUT2D eigenvalue weighted by atomic mass is 19.4. The SMILES string of the molecule is COc1ccc(-n2ncc(C(=O)Nc3cccc(CN4CCCC4)c3)c2C(F)(F)F)nn1. The number of anilines is 1. The average molecular weight is 446 g/mol. The molecule has 1 N–H and O–H groups in total. The number of rotatable bonds is 6. The smallest absolute Gasteiger partial charge is 0.434 e. The molecule has 0 unspecified atom stereocenters. The fraction of sp³-hybridized carbons (Fsp3) is 0.333. The van der Waals surface area contributed by atoms with Crippen LogP contribution in [0.5, 0.6) is 5.88 Å². The third kappa shape index (κ3) is 4.72. The van der Waals surface area contributed by atoms with E-state index in [0.717, 1.165) is 44.2 Å². The summed E-state index contributed by atoms with van der Waals surface area (Å²) in [6, 6.07) is 9.73. The number of ether oxygens (including phenoxy) is 1. The molecular weight excluding hydrogens is 425 g/mol. The van der Waals surface area contributed by atoms with Crippen LogP contribution in [0.1, 0.15) is 34.5 Å². The Morgan fingerprint density at radius 2 is 1.94 bits per heavy atom. The number of methoxy groups -OCH3 is 1. The van der Waals surface area contributed by atoms with Crippen molar-refractivity contribution in [2.45, 2.75) is 25.6 Å². The van der Waals surface area contributed by atoms with Crippen LogP contribution in [0.2, 0.25) is 0 Å². The van der Waals surface area contributed by atoms with Gasteiger partial charge in [0, 0.05) is 18.3 Å². The molecular formula is C21H21F3N6O2. The number of nitrogens with zero attached hydrogens (tertiary/aromatic N) is 5. The van der Waals surface area contributed by atoms with Gasteiger partial charge in [-0.2, -0.15) is 18.3 Å². The first kappa shape index (κ1) is 21.8. The zero-order valence-electron chi connectivity index (χ0n) is 17.3. The number of benzene rings is 1. The fourth-order valence-corrected chi connectivity index (χ4v) is 3.64. The predicted molar refractivity (Wildman–Crippen MR) is 110 cm³/mol. The maximum absolute atomic E-state index is 13.8. The monoisotopic (exact) mass is 446 g/mol. The Hall–Kier alpha value is -3.47. The number of hydrogen-bond donors (Lipinski definition) is 1. The Morgan fingerprint density at radius 3 is 2.59 bits per heavy atom. The summed E-state index contributed by atoms with van der Waals surface area (Å²) >= 11 is 0. The summed E-state index contributed by atoms with van der Waals surface area (Å²) in [6.07, 6.45) is -1.67. The minimum absolute atomic E-state index is 0.140. The molecule has 11 heteroatoms. The molecule has 0 spiro atoms. The summed E-state index contributed by atoms with van der Waals surface area (Å²) in [5.74, 6) is -0.964. The summed E-state index contributed by atoms with van der Waals surface area (Å²) < 4.78 is 47.0. The summed E-state index contributed by atoms with van der Waals surface area (Å²) in [7, 11) is 1.36. The van der Waals surface area contributed by atoms with E-state index in [0.29, 0.717) is 10.4 Å². The predicted octanol–water partition coefficient (Wildman–Crippen LogP) is 3.54. The van der Waals surface area contributed by atoms with E-state index >= 15 is 0 Å². The van der Waals surface area contributed by atoms with Crippen LogP contribution in [-0.4, -0.2) is 51.0 Å². The highest BCUT2D eigenvalue weighted by Gasteiger charge is 2.41. The van der Waals surface area contributed by atoms with Crippen molar-refractivity contribution >= 4 is 11.6 Å². The second-order valence-electron chi connectivity index (χ2n) is 7.39. The lowest BCUT2D eigenvalue weighted by Gasteiger charge is -2.15. The number of likely N-dealkylation sites (tertiary alicyclic amines) is 1. The Balaban J connectivity index is 1.59. The molecule has 1 aliphatic heterocycles. The van der Waals surface area contributed by atoms with E-state index in [1.165, 1.54) is 19.2 Å². The zero-order chi connectivity index (χ0) is 22.7. The number of nitrogens with one attached hydrogen (secondary N) is 1. The Labute approximate surface area is 182 Å². The van der Waals surface area contributed by atoms with E-state index in [9.17, 15) is 18.0 Å². The van der Waals surface area contributed by atoms with Crippen molar-refractivity contribution in [1.82, 2.24) is 24.9 Å². The van der Waals surface area contributed by atoms with Gasteiger partial charge in [-0.3, -0.25) is 9.69 Å². The molecule has 1 fully saturated rings. The van der Waals surface area contributed by atoms with E-state index in [4.69, 9.17) is 4.74 Å². The highest BCUT2D eigenvalue weighted by molar-refractivity contribution is 6.05. The van der Waals surface area contributed by atoms with Gasteiger partial charge < -0.3 is 10.1 Å². The van der Waals surface area contributed by atoms with E-state index in [1.54, 1.807) is 18.2 Å². The van der Waals surface area contributed by atoms with Gasteiger partial charge in [0.05, 0.1) is 18.9 Å². The van der Waals surface area contributed by atoms with Gasteiger partial charge in [-0.25, -0.2) is 4.68 Å². The number of amides is 1. The molecule has 168 valence electrons. The van der Waals surface area contributed by atoms with Crippen molar-refractivity contribution in [3.8, 4) is 11.7 Å². The molecule has 8 nitrogen and oxygen atoms in total. The van der Waals surface area contributed by atoms with Gasteiger partial charge >= 0.3 is 6.18 Å². The van der Waals surface area contributed by atoms with E-state index in [2.05, 4.69) is 25.5 Å². The van der Waals surface area contributed by atoms with Gasteiger partial charge in [0.25, 0.3) is 5.91 Å². The van der Waals surface area contributed by atoms with Gasteiger partial charge in [-0.15, -0.1) is 10.2 Å². The van der Waals surface area contributed by atoms with Crippen molar-refractivity contribution in [2.24, 2.45) is 0 Å². The number of hydrogen-bond acceptors (Lipinski definition) is 6. The number of halogens is 3. The first-order chi connectivity index (χ1) is 15.3. The van der Waals surface area contributed by atoms with Crippen LogP contribution in [0.15, 0.2) is 42.6 Å². The van der Waals surface area contributed by atoms with Crippen molar-refractivity contribution in [3.63, 3.8) is 0 Å². The Morgan fingerprint density at radius 1 is 1.16 bits per heavy atom. The van der Waals surface area contributed by atoms with Gasteiger partial charge in [0.15, 0.2) is 11.5 Å². The standard InChI is InChI=1S/C21H21F3N6O2/c1-32-18-8-7-17(27-28-18)30-19(21(22,23)24)16(12-25-30)20(31)26-15-6-4-5-14(11-15)13-29-9-2-3-10-29/h4-8,11-12H,2-3,9-10,13H2,1H3,(H,26,31). The normalized spacial score (nSPS) is 14.5. The number of carbonyl (C=O) groups excluding carboxylic acids is 1. The fourth-order valence-electron chi connectivity index (χ4n) is 3.64. The Kier molecular flexibility index (Phi) is 6.08. The summed E-state index contributed by atoms with van der Waals surface area (Å²) in [5.41, 5.74) is -0.454. The lowest BCUT2D eigenvalue weighted by Crippen LogP contribution is -2.21. The van der Waals surface area contributed by atoms with Crippen LogP contribution in [0.4, 0.5) is 18.9 Å². The molecule has 0 bridgehead atoms. The minimum atomic E-state index is -4.84. The second kappa shape index (κ2) is 8.95. The molecule has 1 aromatic carbocycles. The molecule has 4 rings (SSSR count). The third-order valence-electron chi connectivity index (χ3n) is 5.12. The first-order valence-electron chi connectivity index (χ1n) is 10.0.